The Morgan fingerprint density at radius 2 is 2.20 bits per heavy atom. The molecule has 108 valence electrons. The highest BCUT2D eigenvalue weighted by Gasteiger charge is 2.37. The van der Waals surface area contributed by atoms with Crippen molar-refractivity contribution in [3.05, 3.63) is 17.7 Å². The molecule has 2 heterocycles. The SMILES string of the molecule is CCn1cnc2c1C(C(=O)O)CN(C(=O)CC1CC1)C2. The Kier molecular flexibility index (Phi) is 3.23. The van der Waals surface area contributed by atoms with Gasteiger partial charge in [-0.2, -0.15) is 0 Å². The number of amides is 1. The van der Waals surface area contributed by atoms with E-state index >= 15 is 0 Å². The van der Waals surface area contributed by atoms with E-state index in [1.54, 1.807) is 11.2 Å². The molecule has 1 aromatic heterocycles. The summed E-state index contributed by atoms with van der Waals surface area (Å²) in [5.41, 5.74) is 1.49. The quantitative estimate of drug-likeness (QED) is 0.897. The van der Waals surface area contributed by atoms with Crippen LogP contribution >= 0.6 is 0 Å². The number of aryl methyl sites for hydroxylation is 1. The molecule has 1 amide bonds. The second-order valence-electron chi connectivity index (χ2n) is 5.68. The van der Waals surface area contributed by atoms with E-state index in [1.807, 2.05) is 11.5 Å². The summed E-state index contributed by atoms with van der Waals surface area (Å²) in [6, 6.07) is 0. The largest absolute Gasteiger partial charge is 0.481 e. The molecule has 0 saturated heterocycles. The van der Waals surface area contributed by atoms with Gasteiger partial charge in [-0.1, -0.05) is 0 Å². The van der Waals surface area contributed by atoms with Crippen LogP contribution in [0.1, 0.15) is 43.5 Å². The lowest BCUT2D eigenvalue weighted by Crippen LogP contribution is -2.41. The molecule has 20 heavy (non-hydrogen) atoms. The monoisotopic (exact) mass is 277 g/mol. The predicted octanol–water partition coefficient (Wildman–Crippen LogP) is 1.21. The van der Waals surface area contributed by atoms with Gasteiger partial charge in [0.2, 0.25) is 5.91 Å². The summed E-state index contributed by atoms with van der Waals surface area (Å²) in [5, 5.41) is 9.44. The Bertz CT molecular complexity index is 548. The van der Waals surface area contributed by atoms with Crippen LogP contribution in [0.3, 0.4) is 0 Å². The number of fused-ring (bicyclic) bond motifs is 1. The number of aromatic nitrogens is 2. The Balaban J connectivity index is 1.85. The van der Waals surface area contributed by atoms with Crippen molar-refractivity contribution in [3.63, 3.8) is 0 Å². The van der Waals surface area contributed by atoms with Gasteiger partial charge >= 0.3 is 5.97 Å². The van der Waals surface area contributed by atoms with Crippen molar-refractivity contribution >= 4 is 11.9 Å². The number of aliphatic carboxylic acids is 1. The van der Waals surface area contributed by atoms with Crippen LogP contribution in [0.2, 0.25) is 0 Å². The van der Waals surface area contributed by atoms with Gasteiger partial charge in [-0.25, -0.2) is 4.98 Å². The van der Waals surface area contributed by atoms with Gasteiger partial charge in [0.1, 0.15) is 5.92 Å². The zero-order valence-corrected chi connectivity index (χ0v) is 11.6. The van der Waals surface area contributed by atoms with Gasteiger partial charge in [0.05, 0.1) is 24.3 Å². The summed E-state index contributed by atoms with van der Waals surface area (Å²) < 4.78 is 1.87. The first-order valence-electron chi connectivity index (χ1n) is 7.14. The number of rotatable bonds is 4. The molecule has 3 rings (SSSR count). The molecule has 1 saturated carbocycles. The molecule has 1 N–H and O–H groups in total. The molecule has 1 fully saturated rings. The molecule has 1 aliphatic heterocycles. The maximum atomic E-state index is 12.2. The second kappa shape index (κ2) is 4.92. The van der Waals surface area contributed by atoms with Gasteiger partial charge in [-0.3, -0.25) is 9.59 Å². The van der Waals surface area contributed by atoms with E-state index in [4.69, 9.17) is 0 Å². The lowest BCUT2D eigenvalue weighted by Gasteiger charge is -2.31. The van der Waals surface area contributed by atoms with E-state index in [0.717, 1.165) is 24.2 Å². The standard InChI is InChI=1S/C14H19N3O3/c1-2-16-8-15-11-7-17(12(18)5-9-3-4-9)6-10(13(11)16)14(19)20/h8-10H,2-7H2,1H3,(H,19,20). The van der Waals surface area contributed by atoms with Gasteiger partial charge in [-0.05, 0) is 25.7 Å². The molecular formula is C14H19N3O3. The highest BCUT2D eigenvalue weighted by atomic mass is 16.4. The van der Waals surface area contributed by atoms with Crippen LogP contribution < -0.4 is 0 Å². The van der Waals surface area contributed by atoms with Crippen molar-refractivity contribution in [1.29, 1.82) is 0 Å². The first-order valence-corrected chi connectivity index (χ1v) is 7.14. The van der Waals surface area contributed by atoms with E-state index < -0.39 is 11.9 Å². The first kappa shape index (κ1) is 13.1. The van der Waals surface area contributed by atoms with E-state index in [-0.39, 0.29) is 12.5 Å². The summed E-state index contributed by atoms with van der Waals surface area (Å²) in [4.78, 5) is 29.7. The highest BCUT2D eigenvalue weighted by Crippen LogP contribution is 2.34. The number of carbonyl (C=O) groups excluding carboxylic acids is 1. The Labute approximate surface area is 117 Å². The third-order valence-corrected chi connectivity index (χ3v) is 4.18. The van der Waals surface area contributed by atoms with Crippen LogP contribution in [0.4, 0.5) is 0 Å². The zero-order valence-electron chi connectivity index (χ0n) is 11.6. The van der Waals surface area contributed by atoms with E-state index in [2.05, 4.69) is 4.98 Å². The fourth-order valence-corrected chi connectivity index (χ4v) is 2.84. The molecule has 0 spiro atoms. The van der Waals surface area contributed by atoms with Crippen LogP contribution in [0.5, 0.6) is 0 Å². The average Bonchev–Trinajstić information content (AvgIpc) is 3.14. The topological polar surface area (TPSA) is 75.4 Å². The van der Waals surface area contributed by atoms with Crippen molar-refractivity contribution in [2.45, 2.75) is 45.2 Å². The summed E-state index contributed by atoms with van der Waals surface area (Å²) in [6.45, 7) is 3.37. The smallest absolute Gasteiger partial charge is 0.314 e. The number of carboxylic acids is 1. The molecular weight excluding hydrogens is 258 g/mol. The summed E-state index contributed by atoms with van der Waals surface area (Å²) in [7, 11) is 0. The fraction of sp³-hybridized carbons (Fsp3) is 0.643. The number of carboxylic acid groups (broad SMARTS) is 1. The Morgan fingerprint density at radius 1 is 1.45 bits per heavy atom. The van der Waals surface area contributed by atoms with E-state index in [0.29, 0.717) is 25.4 Å². The molecule has 0 radical (unpaired) electrons. The Morgan fingerprint density at radius 3 is 2.80 bits per heavy atom. The van der Waals surface area contributed by atoms with Crippen molar-refractivity contribution in [3.8, 4) is 0 Å². The summed E-state index contributed by atoms with van der Waals surface area (Å²) in [6.07, 6.45) is 4.47. The third kappa shape index (κ3) is 2.30. The van der Waals surface area contributed by atoms with Crippen molar-refractivity contribution < 1.29 is 14.7 Å². The summed E-state index contributed by atoms with van der Waals surface area (Å²) in [5.74, 6) is -0.967. The van der Waals surface area contributed by atoms with Crippen LogP contribution in [0.15, 0.2) is 6.33 Å². The van der Waals surface area contributed by atoms with Crippen molar-refractivity contribution in [1.82, 2.24) is 14.5 Å². The van der Waals surface area contributed by atoms with Crippen LogP contribution in [-0.2, 0) is 22.7 Å². The van der Waals surface area contributed by atoms with E-state index in [9.17, 15) is 14.7 Å². The first-order chi connectivity index (χ1) is 9.60. The number of nitrogens with zero attached hydrogens (tertiary/aromatic N) is 3. The van der Waals surface area contributed by atoms with E-state index in [1.165, 1.54) is 0 Å². The molecule has 1 atom stereocenters. The maximum Gasteiger partial charge on any atom is 0.314 e. The molecule has 1 aromatic rings. The van der Waals surface area contributed by atoms with Crippen LogP contribution in [0, 0.1) is 5.92 Å². The van der Waals surface area contributed by atoms with Crippen LogP contribution in [0.25, 0.3) is 0 Å². The second-order valence-corrected chi connectivity index (χ2v) is 5.68. The number of imidazole rings is 1. The number of hydrogen-bond donors (Lipinski definition) is 1. The van der Waals surface area contributed by atoms with Gasteiger partial charge in [-0.15, -0.1) is 0 Å². The number of hydrogen-bond acceptors (Lipinski definition) is 3. The van der Waals surface area contributed by atoms with Crippen molar-refractivity contribution in [2.75, 3.05) is 6.54 Å². The lowest BCUT2D eigenvalue weighted by molar-refractivity contribution is -0.141. The minimum Gasteiger partial charge on any atom is -0.481 e. The minimum atomic E-state index is -0.884. The van der Waals surface area contributed by atoms with Gasteiger partial charge in [0.25, 0.3) is 0 Å². The minimum absolute atomic E-state index is 0.0652. The Hall–Kier alpha value is -1.85. The van der Waals surface area contributed by atoms with Gasteiger partial charge in [0, 0.05) is 19.5 Å². The van der Waals surface area contributed by atoms with Crippen LogP contribution in [-0.4, -0.2) is 38.0 Å². The maximum absolute atomic E-state index is 12.2. The normalized spacial score (nSPS) is 21.6. The predicted molar refractivity (Wildman–Crippen MR) is 71.0 cm³/mol. The highest BCUT2D eigenvalue weighted by molar-refractivity contribution is 5.81. The molecule has 2 aliphatic rings. The summed E-state index contributed by atoms with van der Waals surface area (Å²) >= 11 is 0. The third-order valence-electron chi connectivity index (χ3n) is 4.18. The number of carbonyl (C=O) groups is 2. The zero-order chi connectivity index (χ0) is 14.3. The molecule has 0 bridgehead atoms. The molecule has 6 nitrogen and oxygen atoms in total. The molecule has 6 heteroatoms. The average molecular weight is 277 g/mol. The fourth-order valence-electron chi connectivity index (χ4n) is 2.84. The lowest BCUT2D eigenvalue weighted by atomic mass is 9.97. The molecule has 1 aliphatic carbocycles. The molecule has 1 unspecified atom stereocenters. The molecule has 0 aromatic carbocycles. The van der Waals surface area contributed by atoms with Gasteiger partial charge in [0.15, 0.2) is 0 Å². The van der Waals surface area contributed by atoms with Crippen molar-refractivity contribution in [2.24, 2.45) is 5.92 Å². The van der Waals surface area contributed by atoms with Gasteiger partial charge < -0.3 is 14.6 Å².